The molecule has 1 amide bonds. The number of aliphatic carboxylic acids is 1. The Labute approximate surface area is 95.8 Å². The van der Waals surface area contributed by atoms with Gasteiger partial charge in [0, 0.05) is 6.54 Å². The van der Waals surface area contributed by atoms with Crippen LogP contribution < -0.4 is 5.32 Å². The van der Waals surface area contributed by atoms with Crippen LogP contribution in [0.4, 0.5) is 0 Å². The lowest BCUT2D eigenvalue weighted by atomic mass is 9.93. The molecular formula is C11H20N2O3. The fourth-order valence-corrected chi connectivity index (χ4v) is 2.31. The van der Waals surface area contributed by atoms with E-state index < -0.39 is 11.5 Å². The summed E-state index contributed by atoms with van der Waals surface area (Å²) in [5.74, 6) is -0.985. The Kier molecular flexibility index (Phi) is 4.29. The van der Waals surface area contributed by atoms with E-state index in [0.717, 1.165) is 6.42 Å². The maximum atomic E-state index is 11.9. The summed E-state index contributed by atoms with van der Waals surface area (Å²) in [6, 6.07) is 0. The van der Waals surface area contributed by atoms with E-state index in [1.54, 1.807) is 0 Å². The lowest BCUT2D eigenvalue weighted by molar-refractivity contribution is -0.156. The highest BCUT2D eigenvalue weighted by molar-refractivity contribution is 5.88. The van der Waals surface area contributed by atoms with Crippen molar-refractivity contribution in [1.82, 2.24) is 10.2 Å². The van der Waals surface area contributed by atoms with Gasteiger partial charge >= 0.3 is 5.97 Å². The first kappa shape index (κ1) is 13.0. The van der Waals surface area contributed by atoms with E-state index in [9.17, 15) is 14.7 Å². The molecule has 0 aromatic rings. The Bertz CT molecular complexity index is 280. The number of carboxylic acid groups (broad SMARTS) is 1. The van der Waals surface area contributed by atoms with Crippen LogP contribution in [0.1, 0.15) is 33.1 Å². The van der Waals surface area contributed by atoms with Crippen LogP contribution in [0.25, 0.3) is 0 Å². The number of nitrogens with zero attached hydrogens (tertiary/aromatic N) is 1. The van der Waals surface area contributed by atoms with Crippen molar-refractivity contribution in [3.05, 3.63) is 0 Å². The molecule has 5 nitrogen and oxygen atoms in total. The summed E-state index contributed by atoms with van der Waals surface area (Å²) in [4.78, 5) is 24.7. The van der Waals surface area contributed by atoms with E-state index in [2.05, 4.69) is 5.32 Å². The average molecular weight is 228 g/mol. The molecule has 1 rings (SSSR count). The summed E-state index contributed by atoms with van der Waals surface area (Å²) in [5.41, 5.74) is -0.966. The van der Waals surface area contributed by atoms with Gasteiger partial charge in [0.05, 0.1) is 6.54 Å². The fourth-order valence-electron chi connectivity index (χ4n) is 2.31. The van der Waals surface area contributed by atoms with E-state index >= 15 is 0 Å². The zero-order chi connectivity index (χ0) is 12.2. The first-order valence-corrected chi connectivity index (χ1v) is 5.83. The molecule has 0 saturated carbocycles. The zero-order valence-electron chi connectivity index (χ0n) is 9.95. The average Bonchev–Trinajstić information content (AvgIpc) is 2.70. The van der Waals surface area contributed by atoms with Gasteiger partial charge in [0.25, 0.3) is 0 Å². The molecule has 0 aromatic heterocycles. The molecule has 0 aliphatic carbocycles. The summed E-state index contributed by atoms with van der Waals surface area (Å²) in [5, 5.41) is 12.2. The summed E-state index contributed by atoms with van der Waals surface area (Å²) >= 11 is 0. The monoisotopic (exact) mass is 228 g/mol. The predicted octanol–water partition coefficient (Wildman–Crippen LogP) is 0.452. The van der Waals surface area contributed by atoms with Crippen molar-refractivity contribution in [2.45, 2.75) is 38.6 Å². The number of carbonyl (C=O) groups excluding carboxylic acids is 1. The lowest BCUT2D eigenvalue weighted by Crippen LogP contribution is -2.54. The topological polar surface area (TPSA) is 69.6 Å². The van der Waals surface area contributed by atoms with Crippen LogP contribution in [0, 0.1) is 0 Å². The number of hydrogen-bond acceptors (Lipinski definition) is 3. The van der Waals surface area contributed by atoms with Crippen LogP contribution in [-0.4, -0.2) is 47.1 Å². The van der Waals surface area contributed by atoms with Crippen LogP contribution in [0.2, 0.25) is 0 Å². The molecule has 2 N–H and O–H groups in total. The zero-order valence-corrected chi connectivity index (χ0v) is 9.95. The van der Waals surface area contributed by atoms with Gasteiger partial charge in [-0.25, -0.2) is 4.79 Å². The molecule has 1 heterocycles. The second-order valence-electron chi connectivity index (χ2n) is 4.12. The van der Waals surface area contributed by atoms with Gasteiger partial charge in [-0.2, -0.15) is 0 Å². The third kappa shape index (κ3) is 2.19. The van der Waals surface area contributed by atoms with Gasteiger partial charge in [-0.05, 0) is 25.8 Å². The quantitative estimate of drug-likeness (QED) is 0.717. The predicted molar refractivity (Wildman–Crippen MR) is 60.1 cm³/mol. The summed E-state index contributed by atoms with van der Waals surface area (Å²) in [6.45, 7) is 5.25. The maximum absolute atomic E-state index is 11.9. The smallest absolute Gasteiger partial charge is 0.329 e. The third-order valence-electron chi connectivity index (χ3n) is 3.30. The Morgan fingerprint density at radius 1 is 1.44 bits per heavy atom. The van der Waals surface area contributed by atoms with Gasteiger partial charge in [-0.3, -0.25) is 4.79 Å². The van der Waals surface area contributed by atoms with Crippen LogP contribution >= 0.6 is 0 Å². The van der Waals surface area contributed by atoms with Gasteiger partial charge in [-0.15, -0.1) is 0 Å². The minimum atomic E-state index is -0.966. The van der Waals surface area contributed by atoms with Gasteiger partial charge in [0.2, 0.25) is 5.91 Å². The number of hydrogen-bond donors (Lipinski definition) is 2. The van der Waals surface area contributed by atoms with Crippen molar-refractivity contribution in [3.63, 3.8) is 0 Å². The summed E-state index contributed by atoms with van der Waals surface area (Å²) < 4.78 is 0. The standard InChI is InChI=1S/C11H20N2O3/c1-3-11(10(15)16)6-5-7-13(11)9(14)8-12-4-2/h12H,3-8H2,1-2H3,(H,15,16). The largest absolute Gasteiger partial charge is 0.479 e. The van der Waals surface area contributed by atoms with Gasteiger partial charge < -0.3 is 15.3 Å². The third-order valence-corrected chi connectivity index (χ3v) is 3.30. The number of rotatable bonds is 5. The Morgan fingerprint density at radius 2 is 2.12 bits per heavy atom. The molecule has 5 heteroatoms. The Balaban J connectivity index is 2.77. The second-order valence-corrected chi connectivity index (χ2v) is 4.12. The van der Waals surface area contributed by atoms with Gasteiger partial charge in [-0.1, -0.05) is 13.8 Å². The summed E-state index contributed by atoms with van der Waals surface area (Å²) in [6.07, 6.45) is 1.81. The van der Waals surface area contributed by atoms with E-state index in [1.807, 2.05) is 13.8 Å². The molecule has 1 atom stereocenters. The Hall–Kier alpha value is -1.10. The SMILES string of the molecule is CCNCC(=O)N1CCCC1(CC)C(=O)O. The summed E-state index contributed by atoms with van der Waals surface area (Å²) in [7, 11) is 0. The van der Waals surface area contributed by atoms with Gasteiger partial charge in [0.1, 0.15) is 5.54 Å². The normalized spacial score (nSPS) is 24.8. The number of likely N-dealkylation sites (N-methyl/N-ethyl adjacent to an activating group) is 1. The number of amides is 1. The molecule has 0 aromatic carbocycles. The maximum Gasteiger partial charge on any atom is 0.329 e. The fraction of sp³-hybridized carbons (Fsp3) is 0.818. The van der Waals surface area contributed by atoms with Crippen LogP contribution in [0.3, 0.4) is 0 Å². The molecule has 1 saturated heterocycles. The van der Waals surface area contributed by atoms with Crippen LogP contribution in [0.15, 0.2) is 0 Å². The van der Waals surface area contributed by atoms with Crippen LogP contribution in [-0.2, 0) is 9.59 Å². The highest BCUT2D eigenvalue weighted by Crippen LogP contribution is 2.32. The molecule has 1 fully saturated rings. The van der Waals surface area contributed by atoms with E-state index in [4.69, 9.17) is 0 Å². The van der Waals surface area contributed by atoms with E-state index in [1.165, 1.54) is 4.90 Å². The molecule has 16 heavy (non-hydrogen) atoms. The van der Waals surface area contributed by atoms with Crippen molar-refractivity contribution in [1.29, 1.82) is 0 Å². The van der Waals surface area contributed by atoms with E-state index in [-0.39, 0.29) is 12.5 Å². The number of carbonyl (C=O) groups is 2. The highest BCUT2D eigenvalue weighted by Gasteiger charge is 2.48. The molecule has 1 unspecified atom stereocenters. The van der Waals surface area contributed by atoms with Crippen molar-refractivity contribution in [2.75, 3.05) is 19.6 Å². The van der Waals surface area contributed by atoms with E-state index in [0.29, 0.717) is 25.9 Å². The molecule has 1 aliphatic heterocycles. The van der Waals surface area contributed by atoms with Crippen molar-refractivity contribution in [2.24, 2.45) is 0 Å². The van der Waals surface area contributed by atoms with Crippen LogP contribution in [0.5, 0.6) is 0 Å². The van der Waals surface area contributed by atoms with Crippen molar-refractivity contribution >= 4 is 11.9 Å². The first-order valence-electron chi connectivity index (χ1n) is 5.83. The number of nitrogens with one attached hydrogen (secondary N) is 1. The molecule has 0 bridgehead atoms. The Morgan fingerprint density at radius 3 is 2.62 bits per heavy atom. The second kappa shape index (κ2) is 5.30. The van der Waals surface area contributed by atoms with Crippen molar-refractivity contribution in [3.8, 4) is 0 Å². The number of carboxylic acids is 1. The number of likely N-dealkylation sites (tertiary alicyclic amines) is 1. The highest BCUT2D eigenvalue weighted by atomic mass is 16.4. The minimum Gasteiger partial charge on any atom is -0.479 e. The minimum absolute atomic E-state index is 0.108. The molecule has 0 spiro atoms. The molecular weight excluding hydrogens is 208 g/mol. The lowest BCUT2D eigenvalue weighted by Gasteiger charge is -2.34. The van der Waals surface area contributed by atoms with Crippen molar-refractivity contribution < 1.29 is 14.7 Å². The molecule has 92 valence electrons. The first-order chi connectivity index (χ1) is 7.58. The molecule has 0 radical (unpaired) electrons. The molecule has 1 aliphatic rings. The van der Waals surface area contributed by atoms with Gasteiger partial charge in [0.15, 0.2) is 0 Å².